The van der Waals surface area contributed by atoms with E-state index in [-0.39, 0.29) is 5.03 Å². The van der Waals surface area contributed by atoms with E-state index in [2.05, 4.69) is 32.3 Å². The molecule has 2 aromatic rings. The van der Waals surface area contributed by atoms with Gasteiger partial charge in [-0.15, -0.1) is 0 Å². The summed E-state index contributed by atoms with van der Waals surface area (Å²) in [6.07, 6.45) is 1.92. The zero-order valence-corrected chi connectivity index (χ0v) is 21.1. The summed E-state index contributed by atoms with van der Waals surface area (Å²) in [6, 6.07) is 9.73. The van der Waals surface area contributed by atoms with Crippen LogP contribution in [0.4, 0.5) is 5.82 Å². The quantitative estimate of drug-likeness (QED) is 0.497. The number of anilines is 1. The molecule has 2 fully saturated rings. The Bertz CT molecular complexity index is 1140. The SMILES string of the molecule is CC1(O)CCN(c2cccc(S(=O)(=O)NC(=O)C3(Oc4cc(Cl)ccc4I)CC3)n2)CC1. The molecule has 1 amide bonds. The van der Waals surface area contributed by atoms with E-state index in [4.69, 9.17) is 16.3 Å². The normalized spacial score (nSPS) is 19.3. The number of hydrogen-bond acceptors (Lipinski definition) is 7. The first kappa shape index (κ1) is 23.5. The van der Waals surface area contributed by atoms with Crippen LogP contribution in [0, 0.1) is 3.57 Å². The van der Waals surface area contributed by atoms with Gasteiger partial charge < -0.3 is 14.7 Å². The van der Waals surface area contributed by atoms with Crippen molar-refractivity contribution in [2.24, 2.45) is 0 Å². The van der Waals surface area contributed by atoms with Crippen molar-refractivity contribution in [2.75, 3.05) is 18.0 Å². The number of halogens is 2. The van der Waals surface area contributed by atoms with Gasteiger partial charge in [0.15, 0.2) is 10.6 Å². The Morgan fingerprint density at radius 3 is 2.56 bits per heavy atom. The lowest BCUT2D eigenvalue weighted by molar-refractivity contribution is -0.128. The number of pyridine rings is 1. The van der Waals surface area contributed by atoms with Gasteiger partial charge in [0.2, 0.25) is 0 Å². The number of hydrogen-bond donors (Lipinski definition) is 2. The summed E-state index contributed by atoms with van der Waals surface area (Å²) in [5, 5.41) is 10.4. The van der Waals surface area contributed by atoms with Gasteiger partial charge in [0, 0.05) is 31.0 Å². The van der Waals surface area contributed by atoms with E-state index < -0.39 is 27.1 Å². The van der Waals surface area contributed by atoms with Crippen LogP contribution in [-0.4, -0.2) is 48.7 Å². The zero-order chi connectivity index (χ0) is 23.1. The predicted molar refractivity (Wildman–Crippen MR) is 128 cm³/mol. The third kappa shape index (κ3) is 5.13. The number of piperidine rings is 1. The molecule has 1 saturated carbocycles. The molecule has 2 heterocycles. The molecule has 4 rings (SSSR count). The Hall–Kier alpha value is -1.63. The minimum atomic E-state index is -4.19. The molecule has 11 heteroatoms. The van der Waals surface area contributed by atoms with E-state index in [1.54, 1.807) is 37.3 Å². The molecule has 1 aromatic heterocycles. The number of carbonyl (C=O) groups excluding carboxylic acids is 1. The average molecular weight is 592 g/mol. The highest BCUT2D eigenvalue weighted by atomic mass is 127. The molecule has 1 aliphatic heterocycles. The predicted octanol–water partition coefficient (Wildman–Crippen LogP) is 3.11. The molecule has 0 unspecified atom stereocenters. The number of benzene rings is 1. The van der Waals surface area contributed by atoms with E-state index in [1.165, 1.54) is 6.07 Å². The second-order valence-corrected chi connectivity index (χ2v) is 11.7. The molecule has 8 nitrogen and oxygen atoms in total. The highest BCUT2D eigenvalue weighted by molar-refractivity contribution is 14.1. The van der Waals surface area contributed by atoms with Crippen LogP contribution < -0.4 is 14.4 Å². The second kappa shape index (κ2) is 8.62. The van der Waals surface area contributed by atoms with Crippen LogP contribution >= 0.6 is 34.2 Å². The fourth-order valence-corrected chi connectivity index (χ4v) is 5.08. The highest BCUT2D eigenvalue weighted by Crippen LogP contribution is 2.42. The maximum atomic E-state index is 12.9. The van der Waals surface area contributed by atoms with Gasteiger partial charge in [0.1, 0.15) is 11.6 Å². The van der Waals surface area contributed by atoms with Crippen molar-refractivity contribution < 1.29 is 23.1 Å². The maximum Gasteiger partial charge on any atom is 0.281 e. The molecule has 2 aliphatic rings. The summed E-state index contributed by atoms with van der Waals surface area (Å²) >= 11 is 8.09. The zero-order valence-electron chi connectivity index (χ0n) is 17.3. The minimum Gasteiger partial charge on any atom is -0.476 e. The van der Waals surface area contributed by atoms with Crippen molar-refractivity contribution in [3.8, 4) is 5.75 Å². The minimum absolute atomic E-state index is 0.242. The average Bonchev–Trinajstić information content (AvgIpc) is 3.51. The molecule has 0 atom stereocenters. The molecule has 32 heavy (non-hydrogen) atoms. The monoisotopic (exact) mass is 591 g/mol. The number of sulfonamides is 1. The summed E-state index contributed by atoms with van der Waals surface area (Å²) in [5.74, 6) is 0.195. The number of nitrogens with one attached hydrogen (secondary N) is 1. The van der Waals surface area contributed by atoms with Crippen LogP contribution in [0.2, 0.25) is 5.02 Å². The lowest BCUT2D eigenvalue weighted by Crippen LogP contribution is -2.44. The van der Waals surface area contributed by atoms with Gasteiger partial charge in [-0.25, -0.2) is 9.71 Å². The molecule has 1 saturated heterocycles. The van der Waals surface area contributed by atoms with Gasteiger partial charge in [-0.05, 0) is 72.7 Å². The fraction of sp³-hybridized carbons (Fsp3) is 0.429. The van der Waals surface area contributed by atoms with E-state index in [0.29, 0.717) is 55.4 Å². The Morgan fingerprint density at radius 2 is 1.91 bits per heavy atom. The largest absolute Gasteiger partial charge is 0.476 e. The topological polar surface area (TPSA) is 109 Å². The first-order valence-electron chi connectivity index (χ1n) is 10.2. The Labute approximate surface area is 205 Å². The van der Waals surface area contributed by atoms with Gasteiger partial charge in [-0.3, -0.25) is 4.79 Å². The summed E-state index contributed by atoms with van der Waals surface area (Å²) < 4.78 is 34.6. The van der Waals surface area contributed by atoms with Gasteiger partial charge in [-0.2, -0.15) is 8.42 Å². The summed E-state index contributed by atoms with van der Waals surface area (Å²) in [6.45, 7) is 2.91. The fourth-order valence-electron chi connectivity index (χ4n) is 3.47. The van der Waals surface area contributed by atoms with Crippen molar-refractivity contribution >= 4 is 55.9 Å². The standard InChI is InChI=1S/C21H23ClIN3O5S/c1-20(28)9-11-26(12-10-20)17-3-2-4-18(24-17)32(29,30)25-19(27)21(7-8-21)31-16-13-14(22)5-6-15(16)23/h2-6,13,28H,7-12H2,1H3,(H,25,27). The maximum absolute atomic E-state index is 12.9. The lowest BCUT2D eigenvalue weighted by atomic mass is 9.94. The molecule has 0 spiro atoms. The van der Waals surface area contributed by atoms with Crippen molar-refractivity contribution in [1.29, 1.82) is 0 Å². The molecular formula is C21H23ClIN3O5S. The van der Waals surface area contributed by atoms with Crippen molar-refractivity contribution in [1.82, 2.24) is 9.71 Å². The van der Waals surface area contributed by atoms with Crippen LogP contribution in [0.1, 0.15) is 32.6 Å². The second-order valence-electron chi connectivity index (χ2n) is 8.42. The number of aliphatic hydroxyl groups is 1. The first-order valence-corrected chi connectivity index (χ1v) is 13.1. The number of nitrogens with zero attached hydrogens (tertiary/aromatic N) is 2. The third-order valence-corrected chi connectivity index (χ3v) is 8.05. The van der Waals surface area contributed by atoms with E-state index in [0.717, 1.165) is 3.57 Å². The van der Waals surface area contributed by atoms with Crippen molar-refractivity contribution in [3.05, 3.63) is 45.0 Å². The number of ether oxygens (including phenoxy) is 1. The first-order chi connectivity index (χ1) is 15.0. The van der Waals surface area contributed by atoms with E-state index >= 15 is 0 Å². The summed E-state index contributed by atoms with van der Waals surface area (Å²) in [7, 11) is -4.19. The number of amides is 1. The molecule has 2 N–H and O–H groups in total. The Morgan fingerprint density at radius 1 is 1.22 bits per heavy atom. The molecule has 1 aromatic carbocycles. The highest BCUT2D eigenvalue weighted by Gasteiger charge is 2.54. The third-order valence-electron chi connectivity index (χ3n) is 5.69. The van der Waals surface area contributed by atoms with Crippen molar-refractivity contribution in [3.63, 3.8) is 0 Å². The molecule has 172 valence electrons. The Kier molecular flexibility index (Phi) is 6.34. The molecular weight excluding hydrogens is 569 g/mol. The summed E-state index contributed by atoms with van der Waals surface area (Å²) in [4.78, 5) is 19.0. The van der Waals surface area contributed by atoms with Crippen LogP contribution in [0.3, 0.4) is 0 Å². The molecule has 0 radical (unpaired) electrons. The van der Waals surface area contributed by atoms with Gasteiger partial charge in [-0.1, -0.05) is 17.7 Å². The van der Waals surface area contributed by atoms with Gasteiger partial charge in [0.25, 0.3) is 15.9 Å². The van der Waals surface area contributed by atoms with Crippen LogP contribution in [0.25, 0.3) is 0 Å². The lowest BCUT2D eigenvalue weighted by Gasteiger charge is -2.36. The number of carbonyl (C=O) groups is 1. The summed E-state index contributed by atoms with van der Waals surface area (Å²) in [5.41, 5.74) is -1.97. The smallest absolute Gasteiger partial charge is 0.281 e. The van der Waals surface area contributed by atoms with Crippen LogP contribution in [0.15, 0.2) is 41.4 Å². The van der Waals surface area contributed by atoms with Crippen LogP contribution in [0.5, 0.6) is 5.75 Å². The van der Waals surface area contributed by atoms with Gasteiger partial charge in [0.05, 0.1) is 9.17 Å². The number of rotatable bonds is 6. The van der Waals surface area contributed by atoms with E-state index in [9.17, 15) is 18.3 Å². The van der Waals surface area contributed by atoms with Crippen molar-refractivity contribution in [2.45, 2.75) is 48.8 Å². The molecule has 1 aliphatic carbocycles. The van der Waals surface area contributed by atoms with E-state index in [1.807, 2.05) is 4.90 Å². The van der Waals surface area contributed by atoms with Crippen LogP contribution in [-0.2, 0) is 14.8 Å². The van der Waals surface area contributed by atoms with Gasteiger partial charge >= 0.3 is 0 Å². The Balaban J connectivity index is 1.48. The number of aromatic nitrogens is 1. The molecule has 0 bridgehead atoms.